The van der Waals surface area contributed by atoms with Crippen molar-refractivity contribution in [3.63, 3.8) is 0 Å². The summed E-state index contributed by atoms with van der Waals surface area (Å²) in [5.41, 5.74) is 7.03. The average Bonchev–Trinajstić information content (AvgIpc) is 2.77. The molecule has 98 valence electrons. The Hall–Kier alpha value is -0.580. The molecule has 2 N–H and O–H groups in total. The Bertz CT molecular complexity index is 318. The molecule has 0 radical (unpaired) electrons. The summed E-state index contributed by atoms with van der Waals surface area (Å²) >= 11 is 0. The smallest absolute Gasteiger partial charge is 0.0524 e. The van der Waals surface area contributed by atoms with E-state index in [1.807, 2.05) is 6.20 Å². The Morgan fingerprint density at radius 1 is 1.41 bits per heavy atom. The van der Waals surface area contributed by atoms with Crippen molar-refractivity contribution in [2.24, 2.45) is 11.7 Å². The minimum Gasteiger partial charge on any atom is -0.330 e. The molecule has 0 spiro atoms. The van der Waals surface area contributed by atoms with Crippen molar-refractivity contribution in [2.75, 3.05) is 19.6 Å². The number of likely N-dealkylation sites (tertiary alicyclic amines) is 1. The fourth-order valence-corrected chi connectivity index (χ4v) is 2.39. The van der Waals surface area contributed by atoms with Crippen LogP contribution < -0.4 is 5.73 Å². The third kappa shape index (κ3) is 3.69. The van der Waals surface area contributed by atoms with Gasteiger partial charge in [0.25, 0.3) is 0 Å². The third-order valence-corrected chi connectivity index (χ3v) is 3.53. The monoisotopic (exact) mass is 258 g/mol. The highest BCUT2D eigenvalue weighted by molar-refractivity contribution is 5.85. The molecule has 1 saturated heterocycles. The topological polar surface area (TPSA) is 47.1 Å². The summed E-state index contributed by atoms with van der Waals surface area (Å²) in [6.07, 6.45) is 4.39. The Labute approximate surface area is 110 Å². The molecule has 1 fully saturated rings. The van der Waals surface area contributed by atoms with Gasteiger partial charge in [-0.05, 0) is 51.4 Å². The van der Waals surface area contributed by atoms with E-state index in [0.717, 1.165) is 25.6 Å². The van der Waals surface area contributed by atoms with Gasteiger partial charge in [0.1, 0.15) is 0 Å². The predicted octanol–water partition coefficient (Wildman–Crippen LogP) is 1.50. The number of nitrogens with two attached hydrogens (primary N) is 1. The molecule has 0 aromatic carbocycles. The molecule has 5 heteroatoms. The van der Waals surface area contributed by atoms with Gasteiger partial charge in [0.2, 0.25) is 0 Å². The summed E-state index contributed by atoms with van der Waals surface area (Å²) in [5.74, 6) is 0.743. The lowest BCUT2D eigenvalue weighted by molar-refractivity contribution is 0.176. The van der Waals surface area contributed by atoms with Gasteiger partial charge >= 0.3 is 0 Å². The number of aromatic nitrogens is 2. The molecule has 4 nitrogen and oxygen atoms in total. The van der Waals surface area contributed by atoms with Crippen molar-refractivity contribution in [3.8, 4) is 0 Å². The fraction of sp³-hybridized carbons (Fsp3) is 0.750. The maximum absolute atomic E-state index is 5.70. The van der Waals surface area contributed by atoms with Gasteiger partial charge in [-0.3, -0.25) is 9.58 Å². The van der Waals surface area contributed by atoms with Crippen LogP contribution in [0.1, 0.15) is 25.5 Å². The van der Waals surface area contributed by atoms with Gasteiger partial charge in [0.05, 0.1) is 5.69 Å². The highest BCUT2D eigenvalue weighted by Crippen LogP contribution is 2.17. The molecule has 1 aromatic heterocycles. The Morgan fingerprint density at radius 2 is 2.12 bits per heavy atom. The van der Waals surface area contributed by atoms with Crippen LogP contribution in [0.4, 0.5) is 0 Å². The average molecular weight is 259 g/mol. The minimum atomic E-state index is 0. The molecule has 2 rings (SSSR count). The summed E-state index contributed by atoms with van der Waals surface area (Å²) in [6, 6.07) is 2.12. The zero-order chi connectivity index (χ0) is 11.4. The second kappa shape index (κ2) is 6.99. The lowest BCUT2D eigenvalue weighted by Crippen LogP contribution is -2.36. The number of nitrogens with zero attached hydrogens (tertiary/aromatic N) is 3. The van der Waals surface area contributed by atoms with Gasteiger partial charge in [0.15, 0.2) is 0 Å². The van der Waals surface area contributed by atoms with Gasteiger partial charge < -0.3 is 5.73 Å². The van der Waals surface area contributed by atoms with Crippen molar-refractivity contribution in [2.45, 2.75) is 32.9 Å². The molecule has 0 amide bonds. The van der Waals surface area contributed by atoms with Crippen LogP contribution in [0.25, 0.3) is 0 Å². The molecule has 0 saturated carbocycles. The second-order valence-corrected chi connectivity index (χ2v) is 4.59. The van der Waals surface area contributed by atoms with Gasteiger partial charge in [-0.15, -0.1) is 12.4 Å². The minimum absolute atomic E-state index is 0. The molecule has 0 aliphatic carbocycles. The van der Waals surface area contributed by atoms with Crippen molar-refractivity contribution >= 4 is 12.4 Å². The summed E-state index contributed by atoms with van der Waals surface area (Å²) in [5, 5.41) is 4.30. The molecule has 0 atom stereocenters. The van der Waals surface area contributed by atoms with E-state index >= 15 is 0 Å². The van der Waals surface area contributed by atoms with E-state index in [4.69, 9.17) is 5.73 Å². The lowest BCUT2D eigenvalue weighted by atomic mass is 9.97. The van der Waals surface area contributed by atoms with E-state index in [1.54, 1.807) is 0 Å². The quantitative estimate of drug-likeness (QED) is 0.890. The summed E-state index contributed by atoms with van der Waals surface area (Å²) in [6.45, 7) is 7.33. The van der Waals surface area contributed by atoms with E-state index in [-0.39, 0.29) is 12.4 Å². The van der Waals surface area contributed by atoms with Gasteiger partial charge in [0, 0.05) is 19.3 Å². The molecule has 1 aliphatic heterocycles. The third-order valence-electron chi connectivity index (χ3n) is 3.53. The van der Waals surface area contributed by atoms with E-state index < -0.39 is 0 Å². The Kier molecular flexibility index (Phi) is 5.95. The van der Waals surface area contributed by atoms with Gasteiger partial charge in [-0.25, -0.2) is 0 Å². The first-order chi connectivity index (χ1) is 7.83. The Balaban J connectivity index is 0.00000144. The molecule has 2 heterocycles. The predicted molar refractivity (Wildman–Crippen MR) is 72.2 cm³/mol. The van der Waals surface area contributed by atoms with Crippen LogP contribution in [0.3, 0.4) is 0 Å². The highest BCUT2D eigenvalue weighted by Gasteiger charge is 2.18. The SMILES string of the molecule is CCn1nccc1CN1CCC(CN)CC1.Cl. The fourth-order valence-electron chi connectivity index (χ4n) is 2.39. The number of hydrogen-bond acceptors (Lipinski definition) is 3. The standard InChI is InChI=1S/C12H22N4.ClH/c1-2-16-12(3-6-14-16)10-15-7-4-11(9-13)5-8-15;/h3,6,11H,2,4-5,7-10,13H2,1H3;1H. The highest BCUT2D eigenvalue weighted by atomic mass is 35.5. The van der Waals surface area contributed by atoms with Crippen molar-refractivity contribution < 1.29 is 0 Å². The van der Waals surface area contributed by atoms with Gasteiger partial charge in [-0.1, -0.05) is 0 Å². The number of piperidine rings is 1. The largest absolute Gasteiger partial charge is 0.330 e. The first-order valence-corrected chi connectivity index (χ1v) is 6.26. The maximum atomic E-state index is 5.70. The zero-order valence-electron chi connectivity index (χ0n) is 10.5. The molecular formula is C12H23ClN4. The van der Waals surface area contributed by atoms with Crippen LogP contribution in [-0.2, 0) is 13.1 Å². The molecule has 0 unspecified atom stereocenters. The molecule has 1 aromatic rings. The normalized spacial score (nSPS) is 18.0. The molecule has 17 heavy (non-hydrogen) atoms. The van der Waals surface area contributed by atoms with Crippen LogP contribution in [0.5, 0.6) is 0 Å². The zero-order valence-corrected chi connectivity index (χ0v) is 11.3. The van der Waals surface area contributed by atoms with Gasteiger partial charge in [-0.2, -0.15) is 5.10 Å². The van der Waals surface area contributed by atoms with Crippen molar-refractivity contribution in [1.29, 1.82) is 0 Å². The van der Waals surface area contributed by atoms with Crippen LogP contribution in [0, 0.1) is 5.92 Å². The molecule has 1 aliphatic rings. The first kappa shape index (κ1) is 14.5. The van der Waals surface area contributed by atoms with Crippen molar-refractivity contribution in [1.82, 2.24) is 14.7 Å². The van der Waals surface area contributed by atoms with Crippen LogP contribution in [0.2, 0.25) is 0 Å². The molecular weight excluding hydrogens is 236 g/mol. The number of rotatable bonds is 4. The Morgan fingerprint density at radius 3 is 2.71 bits per heavy atom. The van der Waals surface area contributed by atoms with E-state index in [0.29, 0.717) is 0 Å². The number of hydrogen-bond donors (Lipinski definition) is 1. The second-order valence-electron chi connectivity index (χ2n) is 4.59. The number of aryl methyl sites for hydroxylation is 1. The van der Waals surface area contributed by atoms with E-state index in [1.165, 1.54) is 31.6 Å². The molecule has 0 bridgehead atoms. The van der Waals surface area contributed by atoms with E-state index in [9.17, 15) is 0 Å². The van der Waals surface area contributed by atoms with E-state index in [2.05, 4.69) is 27.7 Å². The summed E-state index contributed by atoms with van der Waals surface area (Å²) < 4.78 is 2.08. The number of halogens is 1. The maximum Gasteiger partial charge on any atom is 0.0524 e. The summed E-state index contributed by atoms with van der Waals surface area (Å²) in [7, 11) is 0. The van der Waals surface area contributed by atoms with Crippen LogP contribution in [0.15, 0.2) is 12.3 Å². The van der Waals surface area contributed by atoms with Crippen LogP contribution in [-0.4, -0.2) is 34.3 Å². The first-order valence-electron chi connectivity index (χ1n) is 6.26. The van der Waals surface area contributed by atoms with Crippen LogP contribution >= 0.6 is 12.4 Å². The summed E-state index contributed by atoms with van der Waals surface area (Å²) in [4.78, 5) is 2.51. The van der Waals surface area contributed by atoms with Crippen molar-refractivity contribution in [3.05, 3.63) is 18.0 Å². The lowest BCUT2D eigenvalue weighted by Gasteiger charge is -2.31.